The first-order valence-corrected chi connectivity index (χ1v) is 7.05. The van der Waals surface area contributed by atoms with Crippen LogP contribution in [-0.4, -0.2) is 12.6 Å². The molecular weight excluding hydrogens is 222 g/mol. The van der Waals surface area contributed by atoms with E-state index in [2.05, 4.69) is 43.4 Å². The Balaban J connectivity index is 2.08. The maximum absolute atomic E-state index is 5.54. The lowest BCUT2D eigenvalue weighted by Gasteiger charge is -2.29. The predicted octanol–water partition coefficient (Wildman–Crippen LogP) is 4.21. The van der Waals surface area contributed by atoms with E-state index >= 15 is 0 Å². The molecule has 1 aliphatic carbocycles. The van der Waals surface area contributed by atoms with Gasteiger partial charge in [0.05, 0.1) is 6.61 Å². The predicted molar refractivity (Wildman–Crippen MR) is 76.8 cm³/mol. The molecule has 1 atom stereocenters. The molecule has 100 valence electrons. The topological polar surface area (TPSA) is 21.3 Å². The Bertz CT molecular complexity index is 386. The van der Waals surface area contributed by atoms with Crippen molar-refractivity contribution in [1.29, 1.82) is 0 Å². The summed E-state index contributed by atoms with van der Waals surface area (Å²) in [6.45, 7) is 8.23. The molecule has 18 heavy (non-hydrogen) atoms. The highest BCUT2D eigenvalue weighted by Gasteiger charge is 2.34. The highest BCUT2D eigenvalue weighted by atomic mass is 16.5. The average Bonchev–Trinajstić information content (AvgIpc) is 2.68. The van der Waals surface area contributed by atoms with Gasteiger partial charge in [-0.15, -0.1) is 0 Å². The van der Waals surface area contributed by atoms with Gasteiger partial charge in [-0.2, -0.15) is 0 Å². The summed E-state index contributed by atoms with van der Waals surface area (Å²) in [4.78, 5) is 0. The van der Waals surface area contributed by atoms with Crippen molar-refractivity contribution in [2.24, 2.45) is 5.41 Å². The van der Waals surface area contributed by atoms with E-state index in [1.807, 2.05) is 6.92 Å². The van der Waals surface area contributed by atoms with Crippen molar-refractivity contribution >= 4 is 5.69 Å². The van der Waals surface area contributed by atoms with Gasteiger partial charge in [0.2, 0.25) is 0 Å². The summed E-state index contributed by atoms with van der Waals surface area (Å²) in [7, 11) is 0. The molecule has 2 heteroatoms. The summed E-state index contributed by atoms with van der Waals surface area (Å²) >= 11 is 0. The first kappa shape index (κ1) is 13.4. The Morgan fingerprint density at radius 3 is 2.78 bits per heavy atom. The normalized spacial score (nSPS) is 22.1. The minimum Gasteiger partial charge on any atom is -0.381 e. The second-order valence-electron chi connectivity index (χ2n) is 5.87. The van der Waals surface area contributed by atoms with Crippen LogP contribution in [0.2, 0.25) is 0 Å². The van der Waals surface area contributed by atoms with E-state index in [4.69, 9.17) is 4.74 Å². The number of hydrogen-bond donors (Lipinski definition) is 1. The van der Waals surface area contributed by atoms with Gasteiger partial charge in [-0.1, -0.05) is 38.5 Å². The highest BCUT2D eigenvalue weighted by Crippen LogP contribution is 2.39. The minimum absolute atomic E-state index is 0.402. The van der Waals surface area contributed by atoms with Crippen molar-refractivity contribution in [2.45, 2.75) is 52.7 Å². The Hall–Kier alpha value is -1.02. The van der Waals surface area contributed by atoms with Gasteiger partial charge < -0.3 is 10.1 Å². The van der Waals surface area contributed by atoms with Gasteiger partial charge in [0, 0.05) is 23.9 Å². The van der Waals surface area contributed by atoms with Gasteiger partial charge in [0.25, 0.3) is 0 Å². The van der Waals surface area contributed by atoms with Gasteiger partial charge in [-0.05, 0) is 31.2 Å². The van der Waals surface area contributed by atoms with Crippen LogP contribution in [0.15, 0.2) is 24.3 Å². The SMILES string of the molecule is CCOCc1ccccc1NC1CCCC1(C)C. The van der Waals surface area contributed by atoms with Gasteiger partial charge in [0.15, 0.2) is 0 Å². The standard InChI is InChI=1S/C16H25NO/c1-4-18-12-13-8-5-6-9-14(13)17-15-10-7-11-16(15,2)3/h5-6,8-9,15,17H,4,7,10-12H2,1-3H3. The van der Waals surface area contributed by atoms with Crippen LogP contribution < -0.4 is 5.32 Å². The number of hydrogen-bond acceptors (Lipinski definition) is 2. The van der Waals surface area contributed by atoms with Crippen LogP contribution in [0.5, 0.6) is 0 Å². The summed E-state index contributed by atoms with van der Waals surface area (Å²) in [5.41, 5.74) is 2.91. The molecule has 1 fully saturated rings. The lowest BCUT2D eigenvalue weighted by atomic mass is 9.87. The van der Waals surface area contributed by atoms with E-state index < -0.39 is 0 Å². The van der Waals surface area contributed by atoms with Gasteiger partial charge in [0.1, 0.15) is 0 Å². The van der Waals surface area contributed by atoms with E-state index in [0.717, 1.165) is 6.61 Å². The Morgan fingerprint density at radius 2 is 2.11 bits per heavy atom. The van der Waals surface area contributed by atoms with Crippen molar-refractivity contribution in [3.05, 3.63) is 29.8 Å². The Labute approximate surface area is 111 Å². The van der Waals surface area contributed by atoms with Crippen molar-refractivity contribution in [3.8, 4) is 0 Å². The maximum Gasteiger partial charge on any atom is 0.0736 e. The van der Waals surface area contributed by atoms with Crippen molar-refractivity contribution < 1.29 is 4.74 Å². The Kier molecular flexibility index (Phi) is 4.28. The molecule has 2 nitrogen and oxygen atoms in total. The lowest BCUT2D eigenvalue weighted by Crippen LogP contribution is -2.31. The van der Waals surface area contributed by atoms with Crippen LogP contribution in [0.4, 0.5) is 5.69 Å². The molecule has 0 heterocycles. The van der Waals surface area contributed by atoms with Crippen LogP contribution in [0, 0.1) is 5.41 Å². The molecule has 2 rings (SSSR count). The summed E-state index contributed by atoms with van der Waals surface area (Å²) in [5, 5.41) is 3.73. The van der Waals surface area contributed by atoms with Crippen LogP contribution in [0.1, 0.15) is 45.6 Å². The first-order chi connectivity index (χ1) is 8.63. The molecule has 1 saturated carbocycles. The zero-order valence-electron chi connectivity index (χ0n) is 11.8. The minimum atomic E-state index is 0.402. The van der Waals surface area contributed by atoms with E-state index in [0.29, 0.717) is 18.1 Å². The van der Waals surface area contributed by atoms with Crippen LogP contribution in [-0.2, 0) is 11.3 Å². The molecular formula is C16H25NO. The summed E-state index contributed by atoms with van der Waals surface area (Å²) in [6.07, 6.45) is 3.92. The third-order valence-corrected chi connectivity index (χ3v) is 4.07. The smallest absolute Gasteiger partial charge is 0.0736 e. The van der Waals surface area contributed by atoms with Crippen molar-refractivity contribution in [1.82, 2.24) is 0 Å². The number of nitrogens with one attached hydrogen (secondary N) is 1. The Morgan fingerprint density at radius 1 is 1.33 bits per heavy atom. The number of ether oxygens (including phenoxy) is 1. The van der Waals surface area contributed by atoms with Gasteiger partial charge in [-0.25, -0.2) is 0 Å². The van der Waals surface area contributed by atoms with Crippen molar-refractivity contribution in [2.75, 3.05) is 11.9 Å². The number of rotatable bonds is 5. The van der Waals surface area contributed by atoms with Crippen LogP contribution >= 0.6 is 0 Å². The summed E-state index contributed by atoms with van der Waals surface area (Å²) in [6, 6.07) is 9.09. The van der Waals surface area contributed by atoms with Crippen LogP contribution in [0.3, 0.4) is 0 Å². The van der Waals surface area contributed by atoms with E-state index in [1.54, 1.807) is 0 Å². The number of para-hydroxylation sites is 1. The molecule has 1 aromatic rings. The quantitative estimate of drug-likeness (QED) is 0.841. The molecule has 0 aliphatic heterocycles. The zero-order chi connectivity index (χ0) is 13.0. The molecule has 0 aromatic heterocycles. The average molecular weight is 247 g/mol. The molecule has 0 radical (unpaired) electrons. The lowest BCUT2D eigenvalue weighted by molar-refractivity contribution is 0.134. The van der Waals surface area contributed by atoms with E-state index in [-0.39, 0.29) is 0 Å². The number of anilines is 1. The fourth-order valence-corrected chi connectivity index (χ4v) is 2.78. The molecule has 1 N–H and O–H groups in total. The van der Waals surface area contributed by atoms with E-state index in [1.165, 1.54) is 30.5 Å². The second kappa shape index (κ2) is 5.75. The largest absolute Gasteiger partial charge is 0.381 e. The third kappa shape index (κ3) is 3.05. The highest BCUT2D eigenvalue weighted by molar-refractivity contribution is 5.52. The fourth-order valence-electron chi connectivity index (χ4n) is 2.78. The summed E-state index contributed by atoms with van der Waals surface area (Å²) in [5.74, 6) is 0. The van der Waals surface area contributed by atoms with Gasteiger partial charge >= 0.3 is 0 Å². The van der Waals surface area contributed by atoms with Gasteiger partial charge in [-0.3, -0.25) is 0 Å². The maximum atomic E-state index is 5.54. The monoisotopic (exact) mass is 247 g/mol. The van der Waals surface area contributed by atoms with Crippen molar-refractivity contribution in [3.63, 3.8) is 0 Å². The molecule has 1 aromatic carbocycles. The zero-order valence-corrected chi connectivity index (χ0v) is 11.8. The summed E-state index contributed by atoms with van der Waals surface area (Å²) < 4.78 is 5.54. The molecule has 1 aliphatic rings. The molecule has 0 spiro atoms. The van der Waals surface area contributed by atoms with Crippen LogP contribution in [0.25, 0.3) is 0 Å². The first-order valence-electron chi connectivity index (χ1n) is 7.05. The molecule has 0 saturated heterocycles. The number of benzene rings is 1. The molecule has 1 unspecified atom stereocenters. The fraction of sp³-hybridized carbons (Fsp3) is 0.625. The molecule has 0 amide bonds. The molecule has 0 bridgehead atoms. The third-order valence-electron chi connectivity index (χ3n) is 4.07. The second-order valence-corrected chi connectivity index (χ2v) is 5.87. The van der Waals surface area contributed by atoms with E-state index in [9.17, 15) is 0 Å².